The minimum atomic E-state index is -4.08. The van der Waals surface area contributed by atoms with Crippen LogP contribution >= 0.6 is 24.3 Å². The zero-order chi connectivity index (χ0) is 6.15. The summed E-state index contributed by atoms with van der Waals surface area (Å²) in [6.07, 6.45) is 0.0333. The molecule has 8 heavy (non-hydrogen) atoms. The molecule has 3 nitrogen and oxygen atoms in total. The van der Waals surface area contributed by atoms with Crippen molar-refractivity contribution in [3.05, 3.63) is 0 Å². The van der Waals surface area contributed by atoms with Gasteiger partial charge < -0.3 is 0 Å². The van der Waals surface area contributed by atoms with Gasteiger partial charge in [0.2, 0.25) is 0 Å². The molecule has 0 rings (SSSR count). The van der Waals surface area contributed by atoms with Crippen molar-refractivity contribution in [2.24, 2.45) is 0 Å². The summed E-state index contributed by atoms with van der Waals surface area (Å²) in [7, 11) is -4.08. The Morgan fingerprint density at radius 1 is 1.25 bits per heavy atom. The van der Waals surface area contributed by atoms with Gasteiger partial charge in [0, 0.05) is 0 Å². The van der Waals surface area contributed by atoms with E-state index in [4.69, 9.17) is 14.7 Å². The van der Waals surface area contributed by atoms with Crippen LogP contribution in [0.4, 0.5) is 0 Å². The van der Waals surface area contributed by atoms with Crippen LogP contribution < -0.4 is 0 Å². The summed E-state index contributed by atoms with van der Waals surface area (Å²) in [5.41, 5.74) is 0. The van der Waals surface area contributed by atoms with Crippen LogP contribution in [-0.2, 0) is 0 Å². The van der Waals surface area contributed by atoms with Crippen LogP contribution in [0.1, 0.15) is 6.92 Å². The third-order valence-electron chi connectivity index (χ3n) is 0.740. The van der Waals surface area contributed by atoms with Crippen molar-refractivity contribution in [1.29, 1.82) is 0 Å². The number of hydrogen-bond donors (Lipinski definition) is 3. The van der Waals surface area contributed by atoms with Crippen LogP contribution in [0.2, 0.25) is 0 Å². The molecule has 0 spiro atoms. The fourth-order valence-electron chi connectivity index (χ4n) is 0. The van der Waals surface area contributed by atoms with E-state index in [2.05, 4.69) is 0 Å². The second-order valence-electron chi connectivity index (χ2n) is 1.93. The quantitative estimate of drug-likeness (QED) is 0.548. The molecule has 0 aromatic carbocycles. The van der Waals surface area contributed by atoms with E-state index in [1.807, 2.05) is 0 Å². The summed E-state index contributed by atoms with van der Waals surface area (Å²) in [6.45, 7) is 2.59. The van der Waals surface area contributed by atoms with E-state index in [1.165, 1.54) is 6.92 Å². The topological polar surface area (TPSA) is 60.7 Å². The van der Waals surface area contributed by atoms with Crippen molar-refractivity contribution in [2.45, 2.75) is 6.92 Å². The van der Waals surface area contributed by atoms with E-state index in [0.29, 0.717) is 0 Å². The Kier molecular flexibility index (Phi) is 3.74. The normalized spacial score (nSPS) is 15.9. The van der Waals surface area contributed by atoms with Crippen molar-refractivity contribution >= 4 is 24.3 Å². The minimum absolute atomic E-state index is 0. The summed E-state index contributed by atoms with van der Waals surface area (Å²) in [5, 5.41) is 0. The monoisotopic (exact) mass is 206 g/mol. The summed E-state index contributed by atoms with van der Waals surface area (Å²) >= 11 is 0. The van der Waals surface area contributed by atoms with E-state index in [0.717, 1.165) is 6.66 Å². The van der Waals surface area contributed by atoms with Gasteiger partial charge in [-0.2, -0.15) is 0 Å². The molecule has 0 bridgehead atoms. The Morgan fingerprint density at radius 3 is 1.38 bits per heavy atom. The van der Waals surface area contributed by atoms with E-state index in [9.17, 15) is 0 Å². The van der Waals surface area contributed by atoms with E-state index in [-0.39, 0.29) is 23.1 Å². The summed E-state index contributed by atoms with van der Waals surface area (Å²) < 4.78 is 0. The zero-order valence-corrected chi connectivity index (χ0v) is 7.51. The Balaban J connectivity index is 0. The van der Waals surface area contributed by atoms with Gasteiger partial charge in [-0.15, -0.1) is 17.0 Å². The molecule has 0 amide bonds. The van der Waals surface area contributed by atoms with Crippen LogP contribution in [0.25, 0.3) is 0 Å². The second kappa shape index (κ2) is 2.58. The zero-order valence-electron chi connectivity index (χ0n) is 4.90. The first-order valence-electron chi connectivity index (χ1n) is 2.07. The van der Waals surface area contributed by atoms with Crippen LogP contribution in [-0.4, -0.2) is 27.5 Å². The molecule has 0 atom stereocenters. The van der Waals surface area contributed by atoms with Crippen LogP contribution in [0.15, 0.2) is 0 Å². The van der Waals surface area contributed by atoms with Crippen molar-refractivity contribution in [3.63, 3.8) is 0 Å². The van der Waals surface area contributed by atoms with Gasteiger partial charge in [-0.3, -0.25) is 0 Å². The van der Waals surface area contributed by atoms with Gasteiger partial charge in [0.15, 0.2) is 0 Å². The summed E-state index contributed by atoms with van der Waals surface area (Å²) in [4.78, 5) is 25.6. The number of rotatable bonds is 1. The first-order chi connectivity index (χ1) is 2.81. The molecule has 0 fully saturated rings. The summed E-state index contributed by atoms with van der Waals surface area (Å²) in [6, 6.07) is 0. The molecule has 0 saturated heterocycles. The van der Waals surface area contributed by atoms with E-state index in [1.54, 1.807) is 0 Å². The van der Waals surface area contributed by atoms with Gasteiger partial charge >= 0.3 is 41.7 Å². The standard InChI is InChI=1S/C3H11O3P.BrH/c1-3-7(2,4,5)6;/h4-6H,3H2,1-2H3;1H. The average molecular weight is 207 g/mol. The molecule has 0 aliphatic rings. The SMILES string of the molecule is Br.CCP(C)(O)(O)O. The van der Waals surface area contributed by atoms with Gasteiger partial charge in [0.1, 0.15) is 0 Å². The summed E-state index contributed by atoms with van der Waals surface area (Å²) in [5.74, 6) is 0. The molecule has 0 saturated carbocycles. The maximum atomic E-state index is 8.53. The molecule has 3 N–H and O–H groups in total. The van der Waals surface area contributed by atoms with Gasteiger partial charge in [0.25, 0.3) is 0 Å². The van der Waals surface area contributed by atoms with E-state index < -0.39 is 7.28 Å². The Labute approximate surface area is 59.3 Å². The maximum absolute atomic E-state index is 8.53. The Morgan fingerprint density at radius 2 is 1.38 bits per heavy atom. The molecule has 0 unspecified atom stereocenters. The number of halogens is 1. The molecular weight excluding hydrogens is 195 g/mol. The first kappa shape index (κ1) is 11.6. The van der Waals surface area contributed by atoms with Crippen LogP contribution in [0.3, 0.4) is 0 Å². The molecule has 5 heteroatoms. The predicted octanol–water partition coefficient (Wildman–Crippen LogP) is 0.489. The van der Waals surface area contributed by atoms with Crippen molar-refractivity contribution in [2.75, 3.05) is 12.8 Å². The molecule has 0 aromatic heterocycles. The molecular formula is C3H12BrO3P. The van der Waals surface area contributed by atoms with Gasteiger partial charge in [-0.1, -0.05) is 0 Å². The molecule has 0 radical (unpaired) electrons. The van der Waals surface area contributed by atoms with Crippen molar-refractivity contribution < 1.29 is 14.7 Å². The predicted molar refractivity (Wildman–Crippen MR) is 40.4 cm³/mol. The van der Waals surface area contributed by atoms with Gasteiger partial charge in [0.05, 0.1) is 0 Å². The average Bonchev–Trinajstić information content (AvgIpc) is 1.32. The Bertz CT molecular complexity index is 67.1. The molecule has 0 aliphatic heterocycles. The molecule has 0 heterocycles. The first-order valence-corrected chi connectivity index (χ1v) is 4.80. The fraction of sp³-hybridized carbons (Fsp3) is 1.00. The second-order valence-corrected chi connectivity index (χ2v) is 5.78. The Hall–Kier alpha value is 0.790. The van der Waals surface area contributed by atoms with E-state index >= 15 is 0 Å². The third-order valence-corrected chi connectivity index (χ3v) is 2.22. The van der Waals surface area contributed by atoms with Crippen molar-refractivity contribution in [1.82, 2.24) is 0 Å². The molecule has 54 valence electrons. The van der Waals surface area contributed by atoms with Crippen LogP contribution in [0.5, 0.6) is 0 Å². The third kappa shape index (κ3) is 9.92. The fourth-order valence-corrected chi connectivity index (χ4v) is 0. The van der Waals surface area contributed by atoms with Gasteiger partial charge in [-0.05, 0) is 0 Å². The molecule has 0 aromatic rings. The number of hydrogen-bond acceptors (Lipinski definition) is 3. The van der Waals surface area contributed by atoms with Crippen LogP contribution in [0, 0.1) is 0 Å². The van der Waals surface area contributed by atoms with Gasteiger partial charge in [-0.25, -0.2) is 0 Å². The molecule has 0 aliphatic carbocycles. The van der Waals surface area contributed by atoms with Crippen molar-refractivity contribution in [3.8, 4) is 0 Å².